The zero-order valence-corrected chi connectivity index (χ0v) is 10.0. The number of nitrogens with two attached hydrogens (primary N) is 2. The minimum atomic E-state index is -0.597. The van der Waals surface area contributed by atoms with Gasteiger partial charge in [-0.2, -0.15) is 0 Å². The normalized spacial score (nSPS) is 9.83. The fraction of sp³-hybridized carbons (Fsp3) is 0.333. The van der Waals surface area contributed by atoms with Crippen molar-refractivity contribution in [3.63, 3.8) is 0 Å². The zero-order chi connectivity index (χ0) is 13.4. The van der Waals surface area contributed by atoms with Crippen LogP contribution in [-0.4, -0.2) is 36.5 Å². The summed E-state index contributed by atoms with van der Waals surface area (Å²) in [6.45, 7) is 0.439. The number of hydrogen-bond acceptors (Lipinski definition) is 4. The summed E-state index contributed by atoms with van der Waals surface area (Å²) >= 11 is 0. The summed E-state index contributed by atoms with van der Waals surface area (Å²) in [5.74, 6) is -0.597. The summed E-state index contributed by atoms with van der Waals surface area (Å²) in [5.41, 5.74) is 11.3. The minimum Gasteiger partial charge on any atom is -0.445 e. The fourth-order valence-electron chi connectivity index (χ4n) is 1.39. The van der Waals surface area contributed by atoms with Crippen LogP contribution in [-0.2, 0) is 16.1 Å². The van der Waals surface area contributed by atoms with Crippen molar-refractivity contribution in [1.29, 1.82) is 0 Å². The summed E-state index contributed by atoms with van der Waals surface area (Å²) in [6.07, 6.45) is -0.594. The Morgan fingerprint density at radius 2 is 1.89 bits per heavy atom. The molecule has 0 aliphatic rings. The fourth-order valence-corrected chi connectivity index (χ4v) is 1.39. The van der Waals surface area contributed by atoms with Crippen LogP contribution >= 0.6 is 0 Å². The van der Waals surface area contributed by atoms with Gasteiger partial charge in [0.1, 0.15) is 13.2 Å². The molecule has 6 heteroatoms. The highest BCUT2D eigenvalue weighted by atomic mass is 16.6. The van der Waals surface area contributed by atoms with Gasteiger partial charge in [0.05, 0.1) is 0 Å². The maximum Gasteiger partial charge on any atom is 0.410 e. The highest BCUT2D eigenvalue weighted by Gasteiger charge is 2.16. The maximum absolute atomic E-state index is 11.7. The van der Waals surface area contributed by atoms with Gasteiger partial charge < -0.3 is 16.2 Å². The van der Waals surface area contributed by atoms with Crippen molar-refractivity contribution in [2.24, 2.45) is 11.5 Å². The maximum atomic E-state index is 11.7. The molecule has 0 aromatic heterocycles. The lowest BCUT2D eigenvalue weighted by atomic mass is 10.2. The smallest absolute Gasteiger partial charge is 0.410 e. The molecule has 1 aromatic rings. The van der Waals surface area contributed by atoms with Gasteiger partial charge in [0, 0.05) is 13.1 Å². The Morgan fingerprint density at radius 1 is 1.22 bits per heavy atom. The third-order valence-electron chi connectivity index (χ3n) is 2.21. The number of nitrogens with zero attached hydrogens (tertiary/aromatic N) is 1. The third-order valence-corrected chi connectivity index (χ3v) is 2.21. The van der Waals surface area contributed by atoms with Crippen molar-refractivity contribution < 1.29 is 14.3 Å². The van der Waals surface area contributed by atoms with Gasteiger partial charge in [0.15, 0.2) is 0 Å². The molecule has 0 aliphatic carbocycles. The number of carbonyl (C=O) groups is 2. The van der Waals surface area contributed by atoms with E-state index < -0.39 is 12.0 Å². The summed E-state index contributed by atoms with van der Waals surface area (Å²) in [6, 6.07) is 9.26. The highest BCUT2D eigenvalue weighted by molar-refractivity contribution is 5.80. The summed E-state index contributed by atoms with van der Waals surface area (Å²) in [7, 11) is 0. The Labute approximate surface area is 105 Å². The number of benzene rings is 1. The van der Waals surface area contributed by atoms with Crippen LogP contribution in [0.4, 0.5) is 4.79 Å². The lowest BCUT2D eigenvalue weighted by Gasteiger charge is -2.19. The molecule has 4 N–H and O–H groups in total. The van der Waals surface area contributed by atoms with Crippen LogP contribution in [0.15, 0.2) is 30.3 Å². The molecule has 0 unspecified atom stereocenters. The molecule has 6 nitrogen and oxygen atoms in total. The van der Waals surface area contributed by atoms with Crippen molar-refractivity contribution in [3.8, 4) is 0 Å². The van der Waals surface area contributed by atoms with E-state index in [1.807, 2.05) is 30.3 Å². The molecule has 0 saturated heterocycles. The van der Waals surface area contributed by atoms with Crippen LogP contribution in [0.1, 0.15) is 5.56 Å². The molecule has 0 spiro atoms. The van der Waals surface area contributed by atoms with E-state index in [0.717, 1.165) is 5.56 Å². The molecule has 0 aliphatic heterocycles. The van der Waals surface area contributed by atoms with Gasteiger partial charge in [-0.3, -0.25) is 9.69 Å². The van der Waals surface area contributed by atoms with Gasteiger partial charge in [0.25, 0.3) is 0 Å². The Balaban J connectivity index is 2.48. The molecule has 0 fully saturated rings. The van der Waals surface area contributed by atoms with Gasteiger partial charge in [0.2, 0.25) is 5.91 Å². The number of primary amides is 1. The van der Waals surface area contributed by atoms with Gasteiger partial charge in [-0.1, -0.05) is 30.3 Å². The number of carbonyl (C=O) groups excluding carboxylic acids is 2. The predicted octanol–water partition coefficient (Wildman–Crippen LogP) is 0.0692. The largest absolute Gasteiger partial charge is 0.445 e. The zero-order valence-electron chi connectivity index (χ0n) is 10.0. The first-order valence-electron chi connectivity index (χ1n) is 5.57. The van der Waals surface area contributed by atoms with Crippen LogP contribution in [0.5, 0.6) is 0 Å². The monoisotopic (exact) mass is 251 g/mol. The number of ether oxygens (including phenoxy) is 1. The second-order valence-electron chi connectivity index (χ2n) is 3.72. The van der Waals surface area contributed by atoms with Crippen molar-refractivity contribution in [2.45, 2.75) is 6.61 Å². The quantitative estimate of drug-likeness (QED) is 0.747. The second kappa shape index (κ2) is 7.29. The first-order chi connectivity index (χ1) is 8.63. The topological polar surface area (TPSA) is 98.6 Å². The van der Waals surface area contributed by atoms with E-state index in [9.17, 15) is 9.59 Å². The molecular formula is C12H17N3O3. The molecular weight excluding hydrogens is 234 g/mol. The predicted molar refractivity (Wildman–Crippen MR) is 66.4 cm³/mol. The standard InChI is InChI=1S/C12H17N3O3/c13-6-7-15(8-11(14)16)12(17)18-9-10-4-2-1-3-5-10/h1-5H,6-9,13H2,(H2,14,16). The van der Waals surface area contributed by atoms with Crippen molar-refractivity contribution in [1.82, 2.24) is 4.90 Å². The van der Waals surface area contributed by atoms with Crippen LogP contribution in [0.25, 0.3) is 0 Å². The first-order valence-corrected chi connectivity index (χ1v) is 5.57. The van der Waals surface area contributed by atoms with E-state index in [0.29, 0.717) is 0 Å². The summed E-state index contributed by atoms with van der Waals surface area (Å²) < 4.78 is 5.07. The number of rotatable bonds is 6. The van der Waals surface area contributed by atoms with Crippen molar-refractivity contribution in [3.05, 3.63) is 35.9 Å². The number of amides is 2. The molecule has 98 valence electrons. The Morgan fingerprint density at radius 3 is 2.44 bits per heavy atom. The van der Waals surface area contributed by atoms with Crippen LogP contribution in [0, 0.1) is 0 Å². The average molecular weight is 251 g/mol. The minimum absolute atomic E-state index is 0.152. The summed E-state index contributed by atoms with van der Waals surface area (Å²) in [4.78, 5) is 23.7. The van der Waals surface area contributed by atoms with E-state index in [1.54, 1.807) is 0 Å². The highest BCUT2D eigenvalue weighted by Crippen LogP contribution is 2.03. The molecule has 18 heavy (non-hydrogen) atoms. The third kappa shape index (κ3) is 4.84. The Bertz CT molecular complexity index is 395. The van der Waals surface area contributed by atoms with Gasteiger partial charge in [-0.05, 0) is 5.56 Å². The van der Waals surface area contributed by atoms with Gasteiger partial charge in [-0.15, -0.1) is 0 Å². The van der Waals surface area contributed by atoms with Gasteiger partial charge in [-0.25, -0.2) is 4.79 Å². The molecule has 0 saturated carbocycles. The van der Waals surface area contributed by atoms with E-state index in [-0.39, 0.29) is 26.2 Å². The molecule has 0 bridgehead atoms. The van der Waals surface area contributed by atoms with Gasteiger partial charge >= 0.3 is 6.09 Å². The molecule has 2 amide bonds. The van der Waals surface area contributed by atoms with Crippen LogP contribution < -0.4 is 11.5 Å². The second-order valence-corrected chi connectivity index (χ2v) is 3.72. The molecule has 0 atom stereocenters. The first kappa shape index (κ1) is 14.0. The van der Waals surface area contributed by atoms with E-state index in [2.05, 4.69) is 0 Å². The SMILES string of the molecule is NCCN(CC(N)=O)C(=O)OCc1ccccc1. The molecule has 0 heterocycles. The summed E-state index contributed by atoms with van der Waals surface area (Å²) in [5, 5.41) is 0. The van der Waals surface area contributed by atoms with Crippen LogP contribution in [0.2, 0.25) is 0 Å². The lowest BCUT2D eigenvalue weighted by Crippen LogP contribution is -2.41. The Hall–Kier alpha value is -2.08. The van der Waals surface area contributed by atoms with Crippen molar-refractivity contribution >= 4 is 12.0 Å². The Kier molecular flexibility index (Phi) is 5.66. The molecule has 0 radical (unpaired) electrons. The van der Waals surface area contributed by atoms with E-state index in [1.165, 1.54) is 4.90 Å². The van der Waals surface area contributed by atoms with Crippen LogP contribution in [0.3, 0.4) is 0 Å². The van der Waals surface area contributed by atoms with Crippen molar-refractivity contribution in [2.75, 3.05) is 19.6 Å². The molecule has 1 rings (SSSR count). The van der Waals surface area contributed by atoms with E-state index in [4.69, 9.17) is 16.2 Å². The number of hydrogen-bond donors (Lipinski definition) is 2. The lowest BCUT2D eigenvalue weighted by molar-refractivity contribution is -0.118. The van der Waals surface area contributed by atoms with E-state index >= 15 is 0 Å². The average Bonchev–Trinajstić information content (AvgIpc) is 2.36. The molecule has 1 aromatic carbocycles.